The van der Waals surface area contributed by atoms with Crippen LogP contribution in [0.4, 0.5) is 0 Å². The van der Waals surface area contributed by atoms with Crippen molar-refractivity contribution in [2.24, 2.45) is 0 Å². The van der Waals surface area contributed by atoms with Crippen molar-refractivity contribution in [3.05, 3.63) is 29.8 Å². The van der Waals surface area contributed by atoms with Crippen molar-refractivity contribution in [3.8, 4) is 5.75 Å². The lowest BCUT2D eigenvalue weighted by molar-refractivity contribution is -0.929. The molecule has 1 aromatic rings. The molecule has 0 amide bonds. The number of hydrogen-bond acceptors (Lipinski definition) is 5. The second-order valence-corrected chi connectivity index (χ2v) is 9.80. The van der Waals surface area contributed by atoms with Gasteiger partial charge in [0.2, 0.25) is 0 Å². The Morgan fingerprint density at radius 2 is 1.06 bits per heavy atom. The maximum atomic E-state index is 10.7. The van der Waals surface area contributed by atoms with Gasteiger partial charge in [0.15, 0.2) is 0 Å². The van der Waals surface area contributed by atoms with Gasteiger partial charge < -0.3 is 30.0 Å². The maximum absolute atomic E-state index is 10.7. The highest BCUT2D eigenvalue weighted by Crippen LogP contribution is 2.15. The fourth-order valence-corrected chi connectivity index (χ4v) is 4.59. The summed E-state index contributed by atoms with van der Waals surface area (Å²) in [6.07, 6.45) is 19.0. The van der Waals surface area contributed by atoms with Crippen LogP contribution in [-0.2, 0) is 0 Å². The summed E-state index contributed by atoms with van der Waals surface area (Å²) in [5.41, 5.74) is -0.178. The van der Waals surface area contributed by atoms with Crippen LogP contribution in [-0.4, -0.2) is 76.9 Å². The molecule has 0 spiro atoms. The normalized spacial score (nSPS) is 11.2. The molecule has 4 N–H and O–H groups in total. The summed E-state index contributed by atoms with van der Waals surface area (Å²) >= 11 is 0. The van der Waals surface area contributed by atoms with E-state index >= 15 is 0 Å². The quantitative estimate of drug-likeness (QED) is 0.132. The van der Waals surface area contributed by atoms with Gasteiger partial charge in [-0.1, -0.05) is 108 Å². The zero-order valence-electron chi connectivity index (χ0n) is 22.7. The fourth-order valence-electron chi connectivity index (χ4n) is 4.59. The highest BCUT2D eigenvalue weighted by molar-refractivity contribution is 5.90. The lowest BCUT2D eigenvalue weighted by atomic mass is 10.0. The predicted molar refractivity (Wildman–Crippen MR) is 144 cm³/mol. The first-order chi connectivity index (χ1) is 17.5. The van der Waals surface area contributed by atoms with Crippen LogP contribution in [0.1, 0.15) is 107 Å². The molecule has 0 aromatic heterocycles. The number of carbonyl (C=O) groups is 1. The number of aliphatic hydroxyl groups is 3. The first-order valence-electron chi connectivity index (χ1n) is 14.1. The molecule has 0 bridgehead atoms. The molecule has 0 aliphatic rings. The molecule has 0 fully saturated rings. The zero-order chi connectivity index (χ0) is 26.9. The lowest BCUT2D eigenvalue weighted by Crippen LogP contribution is -2.53. The molecule has 0 atom stereocenters. The SMILES string of the molecule is CCCCCCCCCCCCCCCC[N+](CCO)(CCO)CCO.O=C(O)c1ccccc1[O-]. The van der Waals surface area contributed by atoms with E-state index in [9.17, 15) is 25.2 Å². The molecule has 0 unspecified atom stereocenters. The standard InChI is InChI=1S/C22H48NO3.C7H6O3/c1-2-3-4-5-6-7-8-9-10-11-12-13-14-15-16-23(17-20-24,18-21-25)19-22-26;8-6-4-2-1-3-5(6)7(9)10/h24-26H,2-22H2,1H3;1-4,8H,(H,9,10)/q+1;/p-1. The smallest absolute Gasteiger partial charge is 0.335 e. The molecule has 1 rings (SSSR count). The van der Waals surface area contributed by atoms with Crippen LogP contribution < -0.4 is 5.11 Å². The Morgan fingerprint density at radius 1 is 0.667 bits per heavy atom. The molecular weight excluding hydrogens is 458 g/mol. The van der Waals surface area contributed by atoms with Crippen LogP contribution in [0, 0.1) is 0 Å². The first kappa shape index (κ1) is 34.3. The minimum Gasteiger partial charge on any atom is -0.872 e. The van der Waals surface area contributed by atoms with Crippen LogP contribution in [0.3, 0.4) is 0 Å². The van der Waals surface area contributed by atoms with E-state index in [0.717, 1.165) is 13.0 Å². The van der Waals surface area contributed by atoms with Gasteiger partial charge in [0.1, 0.15) is 19.6 Å². The Kier molecular flexibility index (Phi) is 22.6. The van der Waals surface area contributed by atoms with Crippen molar-refractivity contribution in [2.75, 3.05) is 46.0 Å². The lowest BCUT2D eigenvalue weighted by Gasteiger charge is -2.37. The molecule has 210 valence electrons. The summed E-state index contributed by atoms with van der Waals surface area (Å²) in [6, 6.07) is 5.54. The van der Waals surface area contributed by atoms with Gasteiger partial charge in [-0.25, -0.2) is 4.79 Å². The van der Waals surface area contributed by atoms with E-state index in [1.165, 1.54) is 108 Å². The number of hydrogen-bond donors (Lipinski definition) is 4. The molecule has 0 aliphatic carbocycles. The number of rotatable bonds is 22. The molecule has 1 aromatic carbocycles. The van der Waals surface area contributed by atoms with Crippen molar-refractivity contribution in [3.63, 3.8) is 0 Å². The van der Waals surface area contributed by atoms with Crippen molar-refractivity contribution < 1.29 is 34.8 Å². The highest BCUT2D eigenvalue weighted by atomic mass is 16.4. The number of aromatic carboxylic acids is 1. The third-order valence-electron chi connectivity index (χ3n) is 6.83. The molecule has 0 aliphatic heterocycles. The summed E-state index contributed by atoms with van der Waals surface area (Å²) < 4.78 is 0.655. The number of carboxylic acids is 1. The zero-order valence-corrected chi connectivity index (χ0v) is 22.7. The summed E-state index contributed by atoms with van der Waals surface area (Å²) in [5.74, 6) is -1.62. The van der Waals surface area contributed by atoms with Gasteiger partial charge in [0.05, 0.1) is 31.9 Å². The third-order valence-corrected chi connectivity index (χ3v) is 6.83. The number of unbranched alkanes of at least 4 members (excludes halogenated alkanes) is 13. The molecule has 0 heterocycles. The van der Waals surface area contributed by atoms with Gasteiger partial charge in [-0.15, -0.1) is 0 Å². The minimum absolute atomic E-state index is 0.124. The fraction of sp³-hybridized carbons (Fsp3) is 0.759. The highest BCUT2D eigenvalue weighted by Gasteiger charge is 2.25. The molecular formula is C29H53NO6. The number of benzene rings is 1. The molecule has 0 saturated carbocycles. The molecule has 0 saturated heterocycles. The first-order valence-corrected chi connectivity index (χ1v) is 14.1. The predicted octanol–water partition coefficient (Wildman–Crippen LogP) is 4.72. The van der Waals surface area contributed by atoms with Crippen LogP contribution >= 0.6 is 0 Å². The average molecular weight is 512 g/mol. The van der Waals surface area contributed by atoms with Crippen LogP contribution in [0.25, 0.3) is 0 Å². The Labute approximate surface area is 219 Å². The number of nitrogens with zero attached hydrogens (tertiary/aromatic N) is 1. The number of quaternary nitrogens is 1. The Morgan fingerprint density at radius 3 is 1.39 bits per heavy atom. The van der Waals surface area contributed by atoms with E-state index in [-0.39, 0.29) is 25.4 Å². The van der Waals surface area contributed by atoms with Gasteiger partial charge in [-0.05, 0) is 18.9 Å². The van der Waals surface area contributed by atoms with Gasteiger partial charge >= 0.3 is 5.97 Å². The number of para-hydroxylation sites is 1. The van der Waals surface area contributed by atoms with Crippen LogP contribution in [0.5, 0.6) is 5.75 Å². The second-order valence-electron chi connectivity index (χ2n) is 9.80. The van der Waals surface area contributed by atoms with Gasteiger partial charge in [0.25, 0.3) is 0 Å². The van der Waals surface area contributed by atoms with E-state index in [4.69, 9.17) is 5.11 Å². The van der Waals surface area contributed by atoms with E-state index in [1.807, 2.05) is 0 Å². The molecule has 0 radical (unpaired) electrons. The Balaban J connectivity index is 0.00000101. The minimum atomic E-state index is -1.18. The van der Waals surface area contributed by atoms with E-state index < -0.39 is 11.7 Å². The van der Waals surface area contributed by atoms with Gasteiger partial charge in [-0.2, -0.15) is 0 Å². The molecule has 7 nitrogen and oxygen atoms in total. The summed E-state index contributed by atoms with van der Waals surface area (Å²) in [5, 5.41) is 46.9. The average Bonchev–Trinajstić information content (AvgIpc) is 2.85. The summed E-state index contributed by atoms with van der Waals surface area (Å²) in [7, 11) is 0. The molecule has 7 heteroatoms. The second kappa shape index (κ2) is 23.7. The molecule has 36 heavy (non-hydrogen) atoms. The van der Waals surface area contributed by atoms with Crippen LogP contribution in [0.15, 0.2) is 24.3 Å². The number of carboxylic acid groups (broad SMARTS) is 1. The Hall–Kier alpha value is -1.67. The van der Waals surface area contributed by atoms with Crippen molar-refractivity contribution in [1.82, 2.24) is 0 Å². The van der Waals surface area contributed by atoms with Gasteiger partial charge in [0, 0.05) is 0 Å². The third kappa shape index (κ3) is 17.7. The monoisotopic (exact) mass is 511 g/mol. The van der Waals surface area contributed by atoms with E-state index in [1.54, 1.807) is 0 Å². The van der Waals surface area contributed by atoms with Gasteiger partial charge in [-0.3, -0.25) is 0 Å². The largest absolute Gasteiger partial charge is 0.872 e. The summed E-state index contributed by atoms with van der Waals surface area (Å²) in [6.45, 7) is 5.52. The maximum Gasteiger partial charge on any atom is 0.335 e. The van der Waals surface area contributed by atoms with Crippen LogP contribution in [0.2, 0.25) is 0 Å². The Bertz CT molecular complexity index is 623. The van der Waals surface area contributed by atoms with E-state index in [2.05, 4.69) is 6.92 Å². The summed E-state index contributed by atoms with van der Waals surface area (Å²) in [4.78, 5) is 10.2. The van der Waals surface area contributed by atoms with Crippen molar-refractivity contribution in [1.29, 1.82) is 0 Å². The number of aliphatic hydroxyl groups excluding tert-OH is 3. The van der Waals surface area contributed by atoms with E-state index in [0.29, 0.717) is 24.1 Å². The van der Waals surface area contributed by atoms with Crippen molar-refractivity contribution in [2.45, 2.75) is 96.8 Å². The van der Waals surface area contributed by atoms with Crippen molar-refractivity contribution >= 4 is 5.97 Å². The topological polar surface area (TPSA) is 121 Å².